The first-order valence-electron chi connectivity index (χ1n) is 21.9. The van der Waals surface area contributed by atoms with Crippen LogP contribution >= 0.6 is 0 Å². The number of piperidine rings is 1. The third kappa shape index (κ3) is 9.85. The van der Waals surface area contributed by atoms with Gasteiger partial charge in [0.15, 0.2) is 0 Å². The number of likely N-dealkylation sites (tertiary alicyclic amines) is 1. The van der Waals surface area contributed by atoms with Crippen molar-refractivity contribution in [1.82, 2.24) is 19.7 Å². The number of nitrogens with zero attached hydrogens (tertiary/aromatic N) is 6. The summed E-state index contributed by atoms with van der Waals surface area (Å²) in [7, 11) is 8.90. The monoisotopic (exact) mass is 888 g/mol. The Balaban J connectivity index is 1.05. The molecule has 3 aliphatic rings. The Morgan fingerprint density at radius 1 is 1.05 bits per heavy atom. The van der Waals surface area contributed by atoms with Crippen LogP contribution < -0.4 is 30.1 Å². The quantitative estimate of drug-likeness (QED) is 0.124. The zero-order chi connectivity index (χ0) is 46.0. The number of hydrogen-bond donors (Lipinski definition) is 3. The molecule has 16 heteroatoms. The summed E-state index contributed by atoms with van der Waals surface area (Å²) in [6, 6.07) is 16.8. The number of anilines is 4. The van der Waals surface area contributed by atoms with Gasteiger partial charge in [-0.1, -0.05) is 31.9 Å². The van der Waals surface area contributed by atoms with Gasteiger partial charge in [0.2, 0.25) is 5.91 Å². The van der Waals surface area contributed by atoms with Gasteiger partial charge in [0, 0.05) is 75.3 Å². The number of likely N-dealkylation sites (N-methyl/N-ethyl adjacent to an activating group) is 2. The first-order valence-corrected chi connectivity index (χ1v) is 21.9. The summed E-state index contributed by atoms with van der Waals surface area (Å²) >= 11 is 0. The van der Waals surface area contributed by atoms with Crippen LogP contribution in [0.15, 0.2) is 60.7 Å². The van der Waals surface area contributed by atoms with Crippen molar-refractivity contribution in [3.63, 3.8) is 0 Å². The summed E-state index contributed by atoms with van der Waals surface area (Å²) in [6.07, 6.45) is -3.78. The number of aromatic nitrogens is 1. The maximum atomic E-state index is 15.2. The molecule has 344 valence electrons. The Bertz CT molecular complexity index is 2390. The minimum atomic E-state index is -4.51. The number of benzene rings is 3. The van der Waals surface area contributed by atoms with Crippen molar-refractivity contribution in [2.45, 2.75) is 76.2 Å². The van der Waals surface area contributed by atoms with Gasteiger partial charge in [0.05, 0.1) is 55.3 Å². The molecule has 7 rings (SSSR count). The van der Waals surface area contributed by atoms with Crippen LogP contribution in [0.4, 0.5) is 40.3 Å². The lowest BCUT2D eigenvalue weighted by molar-refractivity contribution is -0.140. The first kappa shape index (κ1) is 46.3. The molecule has 2 saturated heterocycles. The van der Waals surface area contributed by atoms with Crippen molar-refractivity contribution in [2.24, 2.45) is 5.92 Å². The van der Waals surface area contributed by atoms with Crippen LogP contribution in [0.3, 0.4) is 0 Å². The summed E-state index contributed by atoms with van der Waals surface area (Å²) in [5.41, 5.74) is 5.09. The van der Waals surface area contributed by atoms with E-state index in [0.29, 0.717) is 59.5 Å². The Morgan fingerprint density at radius 3 is 2.53 bits per heavy atom. The molecule has 1 aromatic heterocycles. The Kier molecular flexibility index (Phi) is 13.9. The maximum absolute atomic E-state index is 15.2. The van der Waals surface area contributed by atoms with E-state index in [-0.39, 0.29) is 55.2 Å². The molecule has 0 saturated carbocycles. The van der Waals surface area contributed by atoms with Gasteiger partial charge in [-0.2, -0.15) is 13.2 Å². The van der Waals surface area contributed by atoms with E-state index >= 15 is 4.39 Å². The molecule has 3 aromatic carbocycles. The third-order valence-corrected chi connectivity index (χ3v) is 13.1. The van der Waals surface area contributed by atoms with Gasteiger partial charge in [-0.15, -0.1) is 0 Å². The lowest BCUT2D eigenvalue weighted by atomic mass is 9.95. The van der Waals surface area contributed by atoms with Crippen molar-refractivity contribution < 1.29 is 37.0 Å². The van der Waals surface area contributed by atoms with Gasteiger partial charge >= 0.3 is 6.18 Å². The number of amides is 2. The normalized spacial score (nSPS) is 21.8. The maximum Gasteiger partial charge on any atom is 0.406 e. The van der Waals surface area contributed by atoms with Crippen molar-refractivity contribution in [3.05, 3.63) is 77.5 Å². The Hall–Kier alpha value is -5.66. The van der Waals surface area contributed by atoms with E-state index in [4.69, 9.17) is 4.74 Å². The minimum Gasteiger partial charge on any atom is -0.495 e. The molecule has 64 heavy (non-hydrogen) atoms. The number of aliphatic hydroxyl groups is 1. The number of halogens is 4. The van der Waals surface area contributed by atoms with Crippen LogP contribution in [0.1, 0.15) is 48.3 Å². The molecule has 0 unspecified atom stereocenters. The molecule has 0 aliphatic carbocycles. The molecular formula is C48H60F4N8O4. The second-order valence-electron chi connectivity index (χ2n) is 17.8. The van der Waals surface area contributed by atoms with Gasteiger partial charge < -0.3 is 49.5 Å². The SMILES string of the molecule is COc1ccc(C(=O)N(C)[C@@H]2CCN(c3ccc4c(c3)N(C)[C@@H](C(C)C)C(=O)N[C@H](CO)C4)C2)cc1NCC#Cc1cc2c(N(C)[C@@H]3CCN(C)C[C@@H]3F)cccc2n1CC(F)(F)F. The van der Waals surface area contributed by atoms with Crippen LogP contribution in [0.2, 0.25) is 0 Å². The summed E-state index contributed by atoms with van der Waals surface area (Å²) in [4.78, 5) is 37.0. The van der Waals surface area contributed by atoms with E-state index in [1.165, 1.54) is 7.11 Å². The molecular weight excluding hydrogens is 829 g/mol. The van der Waals surface area contributed by atoms with Crippen LogP contribution in [-0.4, -0.2) is 142 Å². The van der Waals surface area contributed by atoms with Crippen LogP contribution in [0, 0.1) is 17.8 Å². The number of alkyl halides is 4. The molecule has 2 fully saturated rings. The van der Waals surface area contributed by atoms with Gasteiger partial charge in [0.25, 0.3) is 5.91 Å². The standard InChI is InChI=1S/C48H60F4N8O4/c1-30(2)45-46(62)54-33(28-61)22-31-13-15-34(25-43(31)58(45)6)59-21-17-36(26-59)56(4)47(63)32-14-16-44(64-7)39(23-32)53-19-9-10-35-24-37-40(57(5)42-18-20-55(3)27-38(42)49)11-8-12-41(37)60(35)29-48(50,51)52/h8,11-16,23-25,30,33,36,38,42,45,53,61H,17-22,26-29H2,1-7H3,(H,54,62)/t33-,36+,38-,42+,45-/m0/s1. The zero-order valence-electron chi connectivity index (χ0n) is 37.7. The number of carbonyl (C=O) groups excluding carboxylic acids is 2. The highest BCUT2D eigenvalue weighted by Gasteiger charge is 2.36. The minimum absolute atomic E-state index is 0.0341. The second-order valence-corrected chi connectivity index (χ2v) is 17.8. The van der Waals surface area contributed by atoms with Crippen molar-refractivity contribution in [1.29, 1.82) is 0 Å². The molecule has 2 amide bonds. The predicted octanol–water partition coefficient (Wildman–Crippen LogP) is 6.00. The fourth-order valence-corrected chi connectivity index (χ4v) is 9.64. The van der Waals surface area contributed by atoms with Gasteiger partial charge in [-0.3, -0.25) is 9.59 Å². The third-order valence-electron chi connectivity index (χ3n) is 13.1. The van der Waals surface area contributed by atoms with Crippen LogP contribution in [-0.2, 0) is 17.8 Å². The average molecular weight is 889 g/mol. The predicted molar refractivity (Wildman–Crippen MR) is 244 cm³/mol. The van der Waals surface area contributed by atoms with E-state index in [1.54, 1.807) is 61.5 Å². The van der Waals surface area contributed by atoms with Crippen molar-refractivity contribution >= 4 is 45.5 Å². The van der Waals surface area contributed by atoms with Crippen LogP contribution in [0.25, 0.3) is 10.9 Å². The van der Waals surface area contributed by atoms with Gasteiger partial charge in [0.1, 0.15) is 24.5 Å². The number of methoxy groups -OCH3 is 1. The second kappa shape index (κ2) is 19.2. The topological polar surface area (TPSA) is 109 Å². The van der Waals surface area contributed by atoms with E-state index in [1.807, 2.05) is 42.6 Å². The largest absolute Gasteiger partial charge is 0.495 e. The highest BCUT2D eigenvalue weighted by atomic mass is 19.4. The van der Waals surface area contributed by atoms with Crippen molar-refractivity contribution in [3.8, 4) is 17.6 Å². The van der Waals surface area contributed by atoms with E-state index in [0.717, 1.165) is 34.5 Å². The molecule has 3 aliphatic heterocycles. The molecule has 0 bridgehead atoms. The number of hydrogen-bond acceptors (Lipinski definition) is 9. The van der Waals surface area contributed by atoms with Gasteiger partial charge in [-0.05, 0) is 92.2 Å². The highest BCUT2D eigenvalue weighted by molar-refractivity contribution is 5.96. The number of rotatable bonds is 11. The Labute approximate surface area is 373 Å². The van der Waals surface area contributed by atoms with Crippen molar-refractivity contribution in [2.75, 3.05) is 94.6 Å². The summed E-state index contributed by atoms with van der Waals surface area (Å²) < 4.78 is 63.8. The fraction of sp³-hybridized carbons (Fsp3) is 0.500. The van der Waals surface area contributed by atoms with E-state index < -0.39 is 31.0 Å². The zero-order valence-corrected chi connectivity index (χ0v) is 37.7. The lowest BCUT2D eigenvalue weighted by Gasteiger charge is -2.39. The summed E-state index contributed by atoms with van der Waals surface area (Å²) in [6.45, 7) is 5.01. The number of nitrogens with one attached hydrogen (secondary N) is 2. The molecule has 12 nitrogen and oxygen atoms in total. The number of fused-ring (bicyclic) bond motifs is 2. The smallest absolute Gasteiger partial charge is 0.406 e. The Morgan fingerprint density at radius 2 is 1.83 bits per heavy atom. The van der Waals surface area contributed by atoms with Gasteiger partial charge in [-0.25, -0.2) is 4.39 Å². The number of carbonyl (C=O) groups is 2. The molecule has 4 heterocycles. The molecule has 0 radical (unpaired) electrons. The summed E-state index contributed by atoms with van der Waals surface area (Å²) in [5, 5.41) is 16.8. The molecule has 0 spiro atoms. The van der Waals surface area contributed by atoms with E-state index in [2.05, 4.69) is 45.6 Å². The lowest BCUT2D eigenvalue weighted by Crippen LogP contribution is -2.54. The molecule has 3 N–H and O–H groups in total. The molecule has 4 aromatic rings. The summed E-state index contributed by atoms with van der Waals surface area (Å²) in [5.74, 6) is 6.13. The number of ether oxygens (including phenoxy) is 1. The van der Waals surface area contributed by atoms with E-state index in [9.17, 15) is 27.9 Å². The molecule has 5 atom stereocenters. The first-order chi connectivity index (χ1) is 30.5. The van der Waals surface area contributed by atoms with Crippen LogP contribution in [0.5, 0.6) is 5.75 Å². The number of aliphatic hydroxyl groups excluding tert-OH is 1. The highest BCUT2D eigenvalue weighted by Crippen LogP contribution is 2.36. The fourth-order valence-electron chi connectivity index (χ4n) is 9.64. The average Bonchev–Trinajstić information content (AvgIpc) is 3.88.